The monoisotopic (exact) mass is 403 g/mol. The first kappa shape index (κ1) is 24.8. The van der Waals surface area contributed by atoms with Crippen molar-refractivity contribution in [3.63, 3.8) is 0 Å². The zero-order valence-electron chi connectivity index (χ0n) is 15.4. The summed E-state index contributed by atoms with van der Waals surface area (Å²) in [6.07, 6.45) is -1.42. The average molecular weight is 403 g/mol. The lowest BCUT2D eigenvalue weighted by Gasteiger charge is -2.26. The van der Waals surface area contributed by atoms with E-state index in [-0.39, 0.29) is 0 Å². The summed E-state index contributed by atoms with van der Waals surface area (Å²) in [5.41, 5.74) is 10.2. The number of primary amides is 1. The van der Waals surface area contributed by atoms with Gasteiger partial charge < -0.3 is 37.6 Å². The third-order valence-electron chi connectivity index (χ3n) is 3.48. The van der Waals surface area contributed by atoms with Gasteiger partial charge in [0.15, 0.2) is 0 Å². The molecule has 0 saturated heterocycles. The second-order valence-corrected chi connectivity index (χ2v) is 6.22. The van der Waals surface area contributed by atoms with Gasteiger partial charge in [0.25, 0.3) is 0 Å². The Morgan fingerprint density at radius 1 is 0.857 bits per heavy atom. The fraction of sp³-hybridized carbons (Fsp3) is 0.600. The molecule has 0 bridgehead atoms. The predicted octanol–water partition coefficient (Wildman–Crippen LogP) is -3.51. The number of amides is 4. The molecule has 4 amide bonds. The predicted molar refractivity (Wildman–Crippen MR) is 93.4 cm³/mol. The Hall–Kier alpha value is -3.22. The molecule has 13 heteroatoms. The molecule has 0 spiro atoms. The number of carboxylic acid groups (broad SMARTS) is 2. The Kier molecular flexibility index (Phi) is 10.2. The molecule has 0 aliphatic carbocycles. The molecule has 0 heterocycles. The number of aliphatic carboxylic acids is 2. The summed E-state index contributed by atoms with van der Waals surface area (Å²) >= 11 is 0. The van der Waals surface area contributed by atoms with Gasteiger partial charge in [0.2, 0.25) is 23.6 Å². The van der Waals surface area contributed by atoms with Crippen LogP contribution in [0, 0.1) is 5.92 Å². The lowest BCUT2D eigenvalue weighted by atomic mass is 10.0. The average Bonchev–Trinajstić information content (AvgIpc) is 2.56. The van der Waals surface area contributed by atoms with Gasteiger partial charge in [-0.05, 0) is 5.92 Å². The molecule has 28 heavy (non-hydrogen) atoms. The molecule has 9 N–H and O–H groups in total. The van der Waals surface area contributed by atoms with Crippen molar-refractivity contribution >= 4 is 35.6 Å². The zero-order chi connectivity index (χ0) is 22.0. The Labute approximate surface area is 160 Å². The summed E-state index contributed by atoms with van der Waals surface area (Å²) in [5, 5.41) is 24.2. The highest BCUT2D eigenvalue weighted by Gasteiger charge is 2.32. The molecule has 0 saturated carbocycles. The minimum Gasteiger partial charge on any atom is -0.481 e. The topological polar surface area (TPSA) is 231 Å². The molecular weight excluding hydrogens is 378 g/mol. The van der Waals surface area contributed by atoms with Gasteiger partial charge >= 0.3 is 11.9 Å². The van der Waals surface area contributed by atoms with Crippen LogP contribution in [0.4, 0.5) is 0 Å². The highest BCUT2D eigenvalue weighted by Crippen LogP contribution is 2.05. The standard InChI is InChI=1S/C15H25N5O8/c1-6(2)12(14(26)19-8(15(27)28)4-11(23)24)20-13(25)7(3-9(17)21)18-10(22)5-16/h6-8,12H,3-5,16H2,1-2H3,(H2,17,21)(H,18,22)(H,19,26)(H,20,25)(H,23,24)(H,27,28). The Balaban J connectivity index is 5.33. The smallest absolute Gasteiger partial charge is 0.326 e. The Morgan fingerprint density at radius 2 is 1.43 bits per heavy atom. The summed E-state index contributed by atoms with van der Waals surface area (Å²) < 4.78 is 0. The van der Waals surface area contributed by atoms with E-state index in [1.807, 2.05) is 5.32 Å². The molecule has 0 aromatic carbocycles. The summed E-state index contributed by atoms with van der Waals surface area (Å²) in [6.45, 7) is 2.63. The van der Waals surface area contributed by atoms with Crippen LogP contribution in [0.5, 0.6) is 0 Å². The number of carbonyl (C=O) groups is 6. The van der Waals surface area contributed by atoms with Gasteiger partial charge in [-0.15, -0.1) is 0 Å². The minimum atomic E-state index is -1.71. The quantitative estimate of drug-likeness (QED) is 0.171. The number of nitrogens with two attached hydrogens (primary N) is 2. The fourth-order valence-corrected chi connectivity index (χ4v) is 2.09. The number of carbonyl (C=O) groups excluding carboxylic acids is 4. The van der Waals surface area contributed by atoms with Crippen molar-refractivity contribution in [3.8, 4) is 0 Å². The molecule has 0 aliphatic rings. The highest BCUT2D eigenvalue weighted by atomic mass is 16.4. The first-order chi connectivity index (χ1) is 12.9. The molecular formula is C15H25N5O8. The molecule has 3 atom stereocenters. The lowest BCUT2D eigenvalue weighted by molar-refractivity contribution is -0.147. The van der Waals surface area contributed by atoms with Gasteiger partial charge in [-0.1, -0.05) is 13.8 Å². The molecule has 3 unspecified atom stereocenters. The van der Waals surface area contributed by atoms with Crippen molar-refractivity contribution < 1.29 is 39.0 Å². The van der Waals surface area contributed by atoms with Crippen LogP contribution in [0.25, 0.3) is 0 Å². The van der Waals surface area contributed by atoms with Gasteiger partial charge in [-0.25, -0.2) is 4.79 Å². The minimum absolute atomic E-state index is 0.452. The van der Waals surface area contributed by atoms with E-state index in [1.54, 1.807) is 13.8 Å². The van der Waals surface area contributed by atoms with E-state index in [0.29, 0.717) is 0 Å². The van der Waals surface area contributed by atoms with Crippen LogP contribution in [0.3, 0.4) is 0 Å². The van der Waals surface area contributed by atoms with Crippen molar-refractivity contribution in [1.82, 2.24) is 16.0 Å². The number of carboxylic acids is 2. The van der Waals surface area contributed by atoms with Crippen molar-refractivity contribution in [3.05, 3.63) is 0 Å². The van der Waals surface area contributed by atoms with E-state index in [0.717, 1.165) is 0 Å². The van der Waals surface area contributed by atoms with Gasteiger partial charge in [-0.3, -0.25) is 24.0 Å². The maximum atomic E-state index is 12.4. The summed E-state index contributed by atoms with van der Waals surface area (Å²) in [6, 6.07) is -4.37. The summed E-state index contributed by atoms with van der Waals surface area (Å²) in [4.78, 5) is 69.1. The van der Waals surface area contributed by atoms with Crippen molar-refractivity contribution in [2.75, 3.05) is 6.54 Å². The van der Waals surface area contributed by atoms with Crippen LogP contribution in [-0.4, -0.2) is 70.5 Å². The van der Waals surface area contributed by atoms with E-state index >= 15 is 0 Å². The maximum absolute atomic E-state index is 12.4. The van der Waals surface area contributed by atoms with Gasteiger partial charge in [0, 0.05) is 0 Å². The zero-order valence-corrected chi connectivity index (χ0v) is 15.4. The third kappa shape index (κ3) is 8.93. The van der Waals surface area contributed by atoms with Crippen molar-refractivity contribution in [1.29, 1.82) is 0 Å². The first-order valence-electron chi connectivity index (χ1n) is 8.22. The number of rotatable bonds is 12. The van der Waals surface area contributed by atoms with E-state index < -0.39 is 79.0 Å². The van der Waals surface area contributed by atoms with Crippen molar-refractivity contribution in [2.45, 2.75) is 44.8 Å². The molecule has 158 valence electrons. The second-order valence-electron chi connectivity index (χ2n) is 6.22. The van der Waals surface area contributed by atoms with E-state index in [2.05, 4.69) is 10.6 Å². The lowest BCUT2D eigenvalue weighted by Crippen LogP contribution is -2.58. The first-order valence-corrected chi connectivity index (χ1v) is 8.22. The van der Waals surface area contributed by atoms with Crippen LogP contribution < -0.4 is 27.4 Å². The van der Waals surface area contributed by atoms with Crippen LogP contribution >= 0.6 is 0 Å². The molecule has 0 rings (SSSR count). The highest BCUT2D eigenvalue weighted by molar-refractivity contribution is 5.96. The molecule has 0 radical (unpaired) electrons. The second kappa shape index (κ2) is 11.5. The molecule has 13 nitrogen and oxygen atoms in total. The maximum Gasteiger partial charge on any atom is 0.326 e. The normalized spacial score (nSPS) is 13.7. The molecule has 0 aliphatic heterocycles. The Morgan fingerprint density at radius 3 is 1.82 bits per heavy atom. The summed E-state index contributed by atoms with van der Waals surface area (Å²) in [7, 11) is 0. The van der Waals surface area contributed by atoms with E-state index in [4.69, 9.17) is 21.7 Å². The van der Waals surface area contributed by atoms with Gasteiger partial charge in [0.1, 0.15) is 18.1 Å². The molecule has 0 fully saturated rings. The van der Waals surface area contributed by atoms with Crippen molar-refractivity contribution in [2.24, 2.45) is 17.4 Å². The summed E-state index contributed by atoms with van der Waals surface area (Å²) in [5.74, 6) is -7.03. The van der Waals surface area contributed by atoms with Crippen LogP contribution in [0.2, 0.25) is 0 Å². The van der Waals surface area contributed by atoms with E-state index in [9.17, 15) is 28.8 Å². The Bertz CT molecular complexity index is 636. The SMILES string of the molecule is CC(C)C(NC(=O)C(CC(N)=O)NC(=O)CN)C(=O)NC(CC(=O)O)C(=O)O. The van der Waals surface area contributed by atoms with E-state index in [1.165, 1.54) is 0 Å². The molecule has 0 aromatic heterocycles. The van der Waals surface area contributed by atoms with Gasteiger partial charge in [0.05, 0.1) is 19.4 Å². The third-order valence-corrected chi connectivity index (χ3v) is 3.48. The molecule has 0 aromatic rings. The number of hydrogen-bond donors (Lipinski definition) is 7. The number of nitrogens with one attached hydrogen (secondary N) is 3. The number of hydrogen-bond acceptors (Lipinski definition) is 7. The van der Waals surface area contributed by atoms with Gasteiger partial charge in [-0.2, -0.15) is 0 Å². The van der Waals surface area contributed by atoms with Crippen LogP contribution in [0.15, 0.2) is 0 Å². The largest absolute Gasteiger partial charge is 0.481 e. The van der Waals surface area contributed by atoms with Crippen LogP contribution in [0.1, 0.15) is 26.7 Å². The van der Waals surface area contributed by atoms with Crippen LogP contribution in [-0.2, 0) is 28.8 Å². The fourth-order valence-electron chi connectivity index (χ4n) is 2.09.